The van der Waals surface area contributed by atoms with Crippen molar-refractivity contribution in [3.63, 3.8) is 0 Å². The molecule has 0 unspecified atom stereocenters. The Morgan fingerprint density at radius 1 is 1.31 bits per heavy atom. The highest BCUT2D eigenvalue weighted by Crippen LogP contribution is 2.30. The number of fused-ring (bicyclic) bond motifs is 1. The summed E-state index contributed by atoms with van der Waals surface area (Å²) < 4.78 is 1.21. The summed E-state index contributed by atoms with van der Waals surface area (Å²) in [5, 5.41) is 1.09. The van der Waals surface area contributed by atoms with Crippen molar-refractivity contribution in [3.05, 3.63) is 34.7 Å². The van der Waals surface area contributed by atoms with Crippen LogP contribution in [-0.4, -0.2) is 31.8 Å². The first-order chi connectivity index (χ1) is 7.72. The van der Waals surface area contributed by atoms with Gasteiger partial charge in [0.2, 0.25) is 0 Å². The first-order valence-corrected chi connectivity index (χ1v) is 6.14. The van der Waals surface area contributed by atoms with E-state index in [0.29, 0.717) is 0 Å². The molecule has 0 saturated carbocycles. The molecule has 0 N–H and O–H groups in total. The predicted molar refractivity (Wildman–Crippen MR) is 69.5 cm³/mol. The summed E-state index contributed by atoms with van der Waals surface area (Å²) in [4.78, 5) is 14.5. The van der Waals surface area contributed by atoms with E-state index in [2.05, 4.69) is 11.0 Å². The van der Waals surface area contributed by atoms with E-state index >= 15 is 0 Å². The van der Waals surface area contributed by atoms with Crippen LogP contribution < -0.4 is 0 Å². The lowest BCUT2D eigenvalue weighted by Crippen LogP contribution is -2.15. The van der Waals surface area contributed by atoms with Crippen molar-refractivity contribution >= 4 is 27.7 Å². The maximum absolute atomic E-state index is 11.1. The van der Waals surface area contributed by atoms with Gasteiger partial charge in [-0.25, -0.2) is 0 Å². The molecule has 2 aromatic rings. The van der Waals surface area contributed by atoms with Crippen molar-refractivity contribution in [1.29, 1.82) is 0 Å². The number of hydrogen-bond donors (Lipinski definition) is 0. The van der Waals surface area contributed by atoms with Gasteiger partial charge in [-0.15, -0.1) is 11.3 Å². The van der Waals surface area contributed by atoms with Crippen LogP contribution in [0.2, 0.25) is 0 Å². The predicted octanol–water partition coefficient (Wildman–Crippen LogP) is 2.82. The van der Waals surface area contributed by atoms with Crippen LogP contribution >= 0.6 is 11.3 Å². The van der Waals surface area contributed by atoms with Crippen molar-refractivity contribution in [1.82, 2.24) is 4.90 Å². The van der Waals surface area contributed by atoms with Crippen molar-refractivity contribution < 1.29 is 4.79 Å². The lowest BCUT2D eigenvalue weighted by molar-refractivity contribution is 0.112. The molecule has 0 bridgehead atoms. The second-order valence-electron chi connectivity index (χ2n) is 4.11. The van der Waals surface area contributed by atoms with Crippen LogP contribution in [0.5, 0.6) is 0 Å². The monoisotopic (exact) mass is 233 g/mol. The molecule has 84 valence electrons. The van der Waals surface area contributed by atoms with Gasteiger partial charge in [0.25, 0.3) is 0 Å². The normalized spacial score (nSPS) is 11.2. The highest BCUT2D eigenvalue weighted by molar-refractivity contribution is 7.19. The Kier molecular flexibility index (Phi) is 3.36. The number of carbonyl (C=O) groups excluding carboxylic acids is 1. The van der Waals surface area contributed by atoms with E-state index in [4.69, 9.17) is 0 Å². The standard InChI is InChI=1S/C13H15NOS/c1-14(2)8-7-13-11(9-15)10-5-3-4-6-12(10)16-13/h3-6,9H,7-8H2,1-2H3. The maximum atomic E-state index is 11.1. The number of thiophene rings is 1. The average molecular weight is 233 g/mol. The van der Waals surface area contributed by atoms with Crippen molar-refractivity contribution in [2.75, 3.05) is 20.6 Å². The van der Waals surface area contributed by atoms with Gasteiger partial charge in [0.1, 0.15) is 0 Å². The molecular weight excluding hydrogens is 218 g/mol. The number of nitrogens with zero attached hydrogens (tertiary/aromatic N) is 1. The summed E-state index contributed by atoms with van der Waals surface area (Å²) in [7, 11) is 4.10. The second-order valence-corrected chi connectivity index (χ2v) is 5.24. The van der Waals surface area contributed by atoms with Crippen molar-refractivity contribution in [2.45, 2.75) is 6.42 Å². The van der Waals surface area contributed by atoms with Gasteiger partial charge in [0.15, 0.2) is 6.29 Å². The molecule has 0 aliphatic rings. The Morgan fingerprint density at radius 3 is 2.75 bits per heavy atom. The molecule has 1 heterocycles. The highest BCUT2D eigenvalue weighted by atomic mass is 32.1. The van der Waals surface area contributed by atoms with Crippen LogP contribution in [-0.2, 0) is 6.42 Å². The minimum absolute atomic E-state index is 0.877. The minimum Gasteiger partial charge on any atom is -0.309 e. The number of carbonyl (C=O) groups is 1. The Balaban J connectivity index is 2.40. The smallest absolute Gasteiger partial charge is 0.151 e. The van der Waals surface area contributed by atoms with Gasteiger partial charge in [-0.05, 0) is 26.6 Å². The number of aldehydes is 1. The van der Waals surface area contributed by atoms with Crippen molar-refractivity contribution in [2.24, 2.45) is 0 Å². The molecule has 0 fully saturated rings. The summed E-state index contributed by atoms with van der Waals surface area (Å²) in [6.07, 6.45) is 1.93. The third-order valence-electron chi connectivity index (χ3n) is 2.61. The molecule has 0 atom stereocenters. The molecular formula is C13H15NOS. The van der Waals surface area contributed by atoms with E-state index in [-0.39, 0.29) is 0 Å². The van der Waals surface area contributed by atoms with E-state index in [1.165, 1.54) is 9.58 Å². The van der Waals surface area contributed by atoms with Gasteiger partial charge in [0.05, 0.1) is 0 Å². The van der Waals surface area contributed by atoms with Gasteiger partial charge >= 0.3 is 0 Å². The molecule has 0 aliphatic carbocycles. The molecule has 16 heavy (non-hydrogen) atoms. The molecule has 1 aromatic carbocycles. The zero-order valence-electron chi connectivity index (χ0n) is 9.56. The average Bonchev–Trinajstić information content (AvgIpc) is 2.63. The topological polar surface area (TPSA) is 20.3 Å². The van der Waals surface area contributed by atoms with Crippen molar-refractivity contribution in [3.8, 4) is 0 Å². The first kappa shape index (κ1) is 11.3. The molecule has 1 aromatic heterocycles. The number of hydrogen-bond acceptors (Lipinski definition) is 3. The number of rotatable bonds is 4. The SMILES string of the molecule is CN(C)CCc1sc2ccccc2c1C=O. The third kappa shape index (κ3) is 2.15. The van der Waals surface area contributed by atoms with Gasteiger partial charge in [-0.3, -0.25) is 4.79 Å². The Hall–Kier alpha value is -1.19. The number of likely N-dealkylation sites (N-methyl/N-ethyl adjacent to an activating group) is 1. The van der Waals surface area contributed by atoms with Crippen LogP contribution in [0.15, 0.2) is 24.3 Å². The molecule has 0 saturated heterocycles. The first-order valence-electron chi connectivity index (χ1n) is 5.32. The Labute approximate surface area is 99.5 Å². The fourth-order valence-electron chi connectivity index (χ4n) is 1.76. The van der Waals surface area contributed by atoms with E-state index in [1.54, 1.807) is 11.3 Å². The zero-order chi connectivity index (χ0) is 11.5. The van der Waals surface area contributed by atoms with E-state index in [9.17, 15) is 4.79 Å². The second kappa shape index (κ2) is 4.76. The molecule has 0 amide bonds. The van der Waals surface area contributed by atoms with Gasteiger partial charge in [-0.2, -0.15) is 0 Å². The fourth-order valence-corrected chi connectivity index (χ4v) is 2.92. The lowest BCUT2D eigenvalue weighted by Gasteiger charge is -2.07. The number of benzene rings is 1. The van der Waals surface area contributed by atoms with Crippen LogP contribution in [0, 0.1) is 0 Å². The highest BCUT2D eigenvalue weighted by Gasteiger charge is 2.10. The molecule has 2 nitrogen and oxygen atoms in total. The minimum atomic E-state index is 0.877. The van der Waals surface area contributed by atoms with E-state index in [0.717, 1.165) is 30.2 Å². The maximum Gasteiger partial charge on any atom is 0.151 e. The van der Waals surface area contributed by atoms with Crippen LogP contribution in [0.1, 0.15) is 15.2 Å². The Bertz CT molecular complexity index is 502. The summed E-state index contributed by atoms with van der Waals surface area (Å²) in [5.74, 6) is 0. The van der Waals surface area contributed by atoms with Crippen LogP contribution in [0.25, 0.3) is 10.1 Å². The molecule has 0 aliphatic heterocycles. The zero-order valence-corrected chi connectivity index (χ0v) is 10.4. The van der Waals surface area contributed by atoms with Crippen LogP contribution in [0.3, 0.4) is 0 Å². The van der Waals surface area contributed by atoms with Gasteiger partial charge < -0.3 is 4.90 Å². The summed E-state index contributed by atoms with van der Waals surface area (Å²) in [6, 6.07) is 8.10. The fraction of sp³-hybridized carbons (Fsp3) is 0.308. The third-order valence-corrected chi connectivity index (χ3v) is 3.86. The summed E-state index contributed by atoms with van der Waals surface area (Å²) in [5.41, 5.74) is 0.877. The van der Waals surface area contributed by atoms with Gasteiger partial charge in [-0.1, -0.05) is 18.2 Å². The largest absolute Gasteiger partial charge is 0.309 e. The quantitative estimate of drug-likeness (QED) is 0.757. The summed E-state index contributed by atoms with van der Waals surface area (Å²) >= 11 is 1.73. The van der Waals surface area contributed by atoms with E-state index < -0.39 is 0 Å². The van der Waals surface area contributed by atoms with Gasteiger partial charge in [0, 0.05) is 27.1 Å². The molecule has 2 rings (SSSR count). The van der Waals surface area contributed by atoms with Crippen LogP contribution in [0.4, 0.5) is 0 Å². The molecule has 0 spiro atoms. The van der Waals surface area contributed by atoms with E-state index in [1.807, 2.05) is 32.3 Å². The lowest BCUT2D eigenvalue weighted by atomic mass is 10.1. The molecule has 0 radical (unpaired) electrons. The Morgan fingerprint density at radius 2 is 2.06 bits per heavy atom. The summed E-state index contributed by atoms with van der Waals surface area (Å²) in [6.45, 7) is 0.980. The molecule has 3 heteroatoms.